The van der Waals surface area contributed by atoms with Gasteiger partial charge in [0.05, 0.1) is 5.02 Å². The molecule has 0 radical (unpaired) electrons. The largest absolute Gasteiger partial charge is 0.303 e. The zero-order valence-electron chi connectivity index (χ0n) is 11.3. The third-order valence-electron chi connectivity index (χ3n) is 3.10. The van der Waals surface area contributed by atoms with Gasteiger partial charge in [-0.3, -0.25) is 4.79 Å². The molecule has 3 heteroatoms. The van der Waals surface area contributed by atoms with Gasteiger partial charge < -0.3 is 4.90 Å². The van der Waals surface area contributed by atoms with Crippen LogP contribution in [0.2, 0.25) is 5.02 Å². The summed E-state index contributed by atoms with van der Waals surface area (Å²) in [5, 5.41) is 0.555. The van der Waals surface area contributed by atoms with Gasteiger partial charge in [0.25, 0.3) is 0 Å². The minimum Gasteiger partial charge on any atom is -0.303 e. The summed E-state index contributed by atoms with van der Waals surface area (Å²) >= 11 is 6.02. The molecule has 1 aromatic carbocycles. The van der Waals surface area contributed by atoms with Gasteiger partial charge in [-0.1, -0.05) is 44.0 Å². The molecule has 18 heavy (non-hydrogen) atoms. The smallest absolute Gasteiger partial charge is 0.165 e. The number of halogens is 1. The minimum absolute atomic E-state index is 0.135. The molecule has 0 amide bonds. The Balaban J connectivity index is 2.47. The quantitative estimate of drug-likeness (QED) is 0.663. The second kappa shape index (κ2) is 8.28. The predicted octanol–water partition coefficient (Wildman–Crippen LogP) is 4.03. The summed E-state index contributed by atoms with van der Waals surface area (Å²) in [6.45, 7) is 7.21. The van der Waals surface area contributed by atoms with Crippen LogP contribution in [0.4, 0.5) is 0 Å². The first-order chi connectivity index (χ1) is 8.69. The molecule has 0 aliphatic rings. The van der Waals surface area contributed by atoms with Crippen molar-refractivity contribution in [2.75, 3.05) is 19.6 Å². The average molecular weight is 268 g/mol. The summed E-state index contributed by atoms with van der Waals surface area (Å²) in [4.78, 5) is 14.4. The molecule has 100 valence electrons. The van der Waals surface area contributed by atoms with E-state index < -0.39 is 0 Å². The number of ketones is 1. The standard InChI is InChI=1S/C15H22ClNO/c1-3-5-11-17(4-2)12-10-15(18)13-8-6-7-9-14(13)16/h6-9H,3-5,10-12H2,1-2H3. The maximum atomic E-state index is 12.0. The molecule has 0 spiro atoms. The Kier molecular flexibility index (Phi) is 6.99. The SMILES string of the molecule is CCCCN(CC)CCC(=O)c1ccccc1Cl. The fourth-order valence-corrected chi connectivity index (χ4v) is 2.13. The zero-order chi connectivity index (χ0) is 13.4. The van der Waals surface area contributed by atoms with Crippen LogP contribution in [0.5, 0.6) is 0 Å². The van der Waals surface area contributed by atoms with E-state index in [0.717, 1.165) is 19.6 Å². The Morgan fingerprint density at radius 2 is 1.94 bits per heavy atom. The summed E-state index contributed by atoms with van der Waals surface area (Å²) in [6, 6.07) is 7.27. The van der Waals surface area contributed by atoms with Crippen molar-refractivity contribution in [2.45, 2.75) is 33.1 Å². The molecule has 1 rings (SSSR count). The van der Waals surface area contributed by atoms with Crippen LogP contribution in [0.3, 0.4) is 0 Å². The minimum atomic E-state index is 0.135. The van der Waals surface area contributed by atoms with Crippen LogP contribution in [0.1, 0.15) is 43.5 Å². The van der Waals surface area contributed by atoms with Crippen molar-refractivity contribution >= 4 is 17.4 Å². The second-order valence-corrected chi connectivity index (χ2v) is 4.85. The Hall–Kier alpha value is -0.860. The van der Waals surface area contributed by atoms with Crippen LogP contribution in [0, 0.1) is 0 Å². The highest BCUT2D eigenvalue weighted by molar-refractivity contribution is 6.33. The van der Waals surface area contributed by atoms with Crippen molar-refractivity contribution in [2.24, 2.45) is 0 Å². The first-order valence-electron chi connectivity index (χ1n) is 6.69. The van der Waals surface area contributed by atoms with Gasteiger partial charge in [0.2, 0.25) is 0 Å². The van der Waals surface area contributed by atoms with E-state index >= 15 is 0 Å². The van der Waals surface area contributed by atoms with Gasteiger partial charge in [-0.05, 0) is 31.6 Å². The van der Waals surface area contributed by atoms with E-state index in [-0.39, 0.29) is 5.78 Å². The van der Waals surface area contributed by atoms with Crippen LogP contribution >= 0.6 is 11.6 Å². The molecule has 0 bridgehead atoms. The van der Waals surface area contributed by atoms with Crippen LogP contribution in [-0.2, 0) is 0 Å². The maximum Gasteiger partial charge on any atom is 0.165 e. The van der Waals surface area contributed by atoms with E-state index in [1.165, 1.54) is 12.8 Å². The molecule has 0 aliphatic carbocycles. The van der Waals surface area contributed by atoms with Crippen molar-refractivity contribution in [3.05, 3.63) is 34.9 Å². The molecule has 0 saturated heterocycles. The van der Waals surface area contributed by atoms with Crippen molar-refractivity contribution in [3.63, 3.8) is 0 Å². The topological polar surface area (TPSA) is 20.3 Å². The first-order valence-corrected chi connectivity index (χ1v) is 7.06. The molecule has 0 N–H and O–H groups in total. The van der Waals surface area contributed by atoms with E-state index in [1.54, 1.807) is 12.1 Å². The monoisotopic (exact) mass is 267 g/mol. The second-order valence-electron chi connectivity index (χ2n) is 4.44. The number of carbonyl (C=O) groups is 1. The fraction of sp³-hybridized carbons (Fsp3) is 0.533. The van der Waals surface area contributed by atoms with E-state index in [9.17, 15) is 4.79 Å². The van der Waals surface area contributed by atoms with Gasteiger partial charge in [-0.15, -0.1) is 0 Å². The molecule has 2 nitrogen and oxygen atoms in total. The lowest BCUT2D eigenvalue weighted by atomic mass is 10.1. The van der Waals surface area contributed by atoms with Gasteiger partial charge in [-0.2, -0.15) is 0 Å². The Morgan fingerprint density at radius 3 is 2.56 bits per heavy atom. The molecule has 0 aromatic heterocycles. The van der Waals surface area contributed by atoms with E-state index in [1.807, 2.05) is 12.1 Å². The van der Waals surface area contributed by atoms with Crippen molar-refractivity contribution in [3.8, 4) is 0 Å². The van der Waals surface area contributed by atoms with Crippen LogP contribution in [-0.4, -0.2) is 30.3 Å². The number of benzene rings is 1. The molecule has 0 fully saturated rings. The third kappa shape index (κ3) is 4.79. The summed E-state index contributed by atoms with van der Waals surface area (Å²) in [5.41, 5.74) is 0.644. The van der Waals surface area contributed by atoms with E-state index in [0.29, 0.717) is 17.0 Å². The van der Waals surface area contributed by atoms with Crippen LogP contribution in [0.25, 0.3) is 0 Å². The highest BCUT2D eigenvalue weighted by Crippen LogP contribution is 2.16. The molecule has 0 saturated carbocycles. The average Bonchev–Trinajstić information content (AvgIpc) is 2.39. The van der Waals surface area contributed by atoms with Gasteiger partial charge in [-0.25, -0.2) is 0 Å². The number of carbonyl (C=O) groups excluding carboxylic acids is 1. The first kappa shape index (κ1) is 15.2. The van der Waals surface area contributed by atoms with Crippen molar-refractivity contribution in [1.82, 2.24) is 4.90 Å². The molecular formula is C15H22ClNO. The summed E-state index contributed by atoms with van der Waals surface area (Å²) in [5.74, 6) is 0.135. The lowest BCUT2D eigenvalue weighted by Gasteiger charge is -2.19. The van der Waals surface area contributed by atoms with Crippen molar-refractivity contribution < 1.29 is 4.79 Å². The van der Waals surface area contributed by atoms with Crippen LogP contribution in [0.15, 0.2) is 24.3 Å². The van der Waals surface area contributed by atoms with Gasteiger partial charge in [0.15, 0.2) is 5.78 Å². The highest BCUT2D eigenvalue weighted by Gasteiger charge is 2.11. The number of nitrogens with zero attached hydrogens (tertiary/aromatic N) is 1. The number of hydrogen-bond donors (Lipinski definition) is 0. The molecular weight excluding hydrogens is 246 g/mol. The number of hydrogen-bond acceptors (Lipinski definition) is 2. The third-order valence-corrected chi connectivity index (χ3v) is 3.43. The summed E-state index contributed by atoms with van der Waals surface area (Å²) in [7, 11) is 0. The Bertz CT molecular complexity index is 379. The van der Waals surface area contributed by atoms with Crippen molar-refractivity contribution in [1.29, 1.82) is 0 Å². The Labute approximate surface area is 115 Å². The van der Waals surface area contributed by atoms with Crippen LogP contribution < -0.4 is 0 Å². The normalized spacial score (nSPS) is 10.9. The lowest BCUT2D eigenvalue weighted by molar-refractivity contribution is 0.0965. The number of rotatable bonds is 8. The van der Waals surface area contributed by atoms with E-state index in [4.69, 9.17) is 11.6 Å². The Morgan fingerprint density at radius 1 is 1.22 bits per heavy atom. The summed E-state index contributed by atoms with van der Waals surface area (Å²) in [6.07, 6.45) is 2.92. The van der Waals surface area contributed by atoms with Gasteiger partial charge in [0, 0.05) is 18.5 Å². The molecule has 1 aromatic rings. The van der Waals surface area contributed by atoms with Gasteiger partial charge >= 0.3 is 0 Å². The molecule has 0 unspecified atom stereocenters. The van der Waals surface area contributed by atoms with E-state index in [2.05, 4.69) is 18.7 Å². The molecule has 0 heterocycles. The highest BCUT2D eigenvalue weighted by atomic mass is 35.5. The lowest BCUT2D eigenvalue weighted by Crippen LogP contribution is -2.27. The molecule has 0 aliphatic heterocycles. The number of Topliss-reactive ketones (excluding diaryl/α,β-unsaturated/α-hetero) is 1. The van der Waals surface area contributed by atoms with Gasteiger partial charge in [0.1, 0.15) is 0 Å². The maximum absolute atomic E-state index is 12.0. The molecule has 0 atom stereocenters. The zero-order valence-corrected chi connectivity index (χ0v) is 12.0. The summed E-state index contributed by atoms with van der Waals surface area (Å²) < 4.78 is 0. The predicted molar refractivity (Wildman–Crippen MR) is 77.4 cm³/mol. The number of unbranched alkanes of at least 4 members (excludes halogenated alkanes) is 1. The fourth-order valence-electron chi connectivity index (χ4n) is 1.89.